The highest BCUT2D eigenvalue weighted by Crippen LogP contribution is 2.33. The molecular weight excluding hydrogens is 283 g/mol. The van der Waals surface area contributed by atoms with Gasteiger partial charge < -0.3 is 14.7 Å². The monoisotopic (exact) mass is 312 g/mol. The normalized spacial score (nSPS) is 12.0. The molecule has 0 bridgehead atoms. The molecule has 0 spiro atoms. The zero-order valence-corrected chi connectivity index (χ0v) is 15.1. The van der Waals surface area contributed by atoms with Crippen molar-refractivity contribution in [2.75, 3.05) is 0 Å². The van der Waals surface area contributed by atoms with E-state index in [2.05, 4.69) is 67.2 Å². The minimum Gasteiger partial charge on any atom is -0.328 e. The minimum atomic E-state index is -2.62. The summed E-state index contributed by atoms with van der Waals surface area (Å²) in [4.78, 5) is 21.7. The molecule has 0 aliphatic heterocycles. The van der Waals surface area contributed by atoms with E-state index in [1.165, 1.54) is 22.3 Å². The van der Waals surface area contributed by atoms with E-state index in [1.807, 2.05) is 6.08 Å². The molecule has 4 heteroatoms. The molecule has 0 heterocycles. The highest BCUT2D eigenvalue weighted by atomic mass is 31.2. The first-order chi connectivity index (χ1) is 9.30. The summed E-state index contributed by atoms with van der Waals surface area (Å²) in [5.74, 6) is 0. The standard InChI is InChI=1S/C17H26.H3O3P/c1-9-14-12(2)10-13(16(3,4)5)11-15(14)17(6,7)8;1-4(2)3/h9-11H,1H2,2-8H3;1-3H. The van der Waals surface area contributed by atoms with Crippen LogP contribution in [0, 0.1) is 6.92 Å². The largest absolute Gasteiger partial charge is 0.328 e. The van der Waals surface area contributed by atoms with Crippen molar-refractivity contribution >= 4 is 14.7 Å². The summed E-state index contributed by atoms with van der Waals surface area (Å²) in [6, 6.07) is 4.65. The van der Waals surface area contributed by atoms with Crippen molar-refractivity contribution in [3.05, 3.63) is 41.0 Å². The van der Waals surface area contributed by atoms with Crippen molar-refractivity contribution < 1.29 is 14.7 Å². The fraction of sp³-hybridized carbons (Fsp3) is 0.529. The van der Waals surface area contributed by atoms with Gasteiger partial charge in [-0.15, -0.1) is 0 Å². The molecule has 0 radical (unpaired) electrons. The quantitative estimate of drug-likeness (QED) is 0.673. The lowest BCUT2D eigenvalue weighted by atomic mass is 9.77. The van der Waals surface area contributed by atoms with Crippen molar-refractivity contribution in [1.29, 1.82) is 0 Å². The van der Waals surface area contributed by atoms with Gasteiger partial charge >= 0.3 is 8.60 Å². The third kappa shape index (κ3) is 6.71. The second-order valence-electron chi connectivity index (χ2n) is 7.23. The van der Waals surface area contributed by atoms with Crippen LogP contribution in [0.3, 0.4) is 0 Å². The smallest absolute Gasteiger partial charge is 0.324 e. The predicted octanol–water partition coefficient (Wildman–Crippen LogP) is 4.42. The van der Waals surface area contributed by atoms with Gasteiger partial charge in [-0.1, -0.05) is 66.3 Å². The Kier molecular flexibility index (Phi) is 7.25. The highest BCUT2D eigenvalue weighted by Gasteiger charge is 2.22. The number of hydrogen-bond acceptors (Lipinski definition) is 3. The maximum absolute atomic E-state index is 7.23. The van der Waals surface area contributed by atoms with Gasteiger partial charge in [-0.25, -0.2) is 0 Å². The Morgan fingerprint density at radius 2 is 1.38 bits per heavy atom. The molecule has 0 aromatic heterocycles. The molecule has 0 atom stereocenters. The molecule has 0 unspecified atom stereocenters. The summed E-state index contributed by atoms with van der Waals surface area (Å²) in [7, 11) is -2.62. The van der Waals surface area contributed by atoms with Crippen LogP contribution in [0.5, 0.6) is 0 Å². The lowest BCUT2D eigenvalue weighted by Gasteiger charge is -2.28. The SMILES string of the molecule is C=Cc1c(C)cc(C(C)(C)C)cc1C(C)(C)C.OP(O)O. The van der Waals surface area contributed by atoms with Gasteiger partial charge in [0.2, 0.25) is 0 Å². The van der Waals surface area contributed by atoms with Gasteiger partial charge in [0.15, 0.2) is 0 Å². The predicted molar refractivity (Wildman–Crippen MR) is 92.2 cm³/mol. The fourth-order valence-electron chi connectivity index (χ4n) is 2.12. The first kappa shape index (κ1) is 20.3. The van der Waals surface area contributed by atoms with Crippen LogP contribution in [-0.2, 0) is 10.8 Å². The Hall–Kier alpha value is -0.730. The van der Waals surface area contributed by atoms with Crippen LogP contribution < -0.4 is 0 Å². The molecule has 0 saturated heterocycles. The third-order valence-electron chi connectivity index (χ3n) is 3.27. The summed E-state index contributed by atoms with van der Waals surface area (Å²) in [5.41, 5.74) is 5.80. The Labute approximate surface area is 130 Å². The molecule has 3 N–H and O–H groups in total. The van der Waals surface area contributed by atoms with E-state index in [4.69, 9.17) is 14.7 Å². The van der Waals surface area contributed by atoms with Crippen LogP contribution in [-0.4, -0.2) is 14.7 Å². The summed E-state index contributed by atoms with van der Waals surface area (Å²) in [6.07, 6.45) is 1.99. The Bertz CT molecular complexity index is 477. The molecule has 3 nitrogen and oxygen atoms in total. The minimum absolute atomic E-state index is 0.162. The summed E-state index contributed by atoms with van der Waals surface area (Å²) in [6.45, 7) is 19.7. The number of aryl methyl sites for hydroxylation is 1. The molecule has 0 saturated carbocycles. The van der Waals surface area contributed by atoms with E-state index in [1.54, 1.807) is 0 Å². The maximum atomic E-state index is 7.23. The van der Waals surface area contributed by atoms with Crippen molar-refractivity contribution in [2.45, 2.75) is 59.3 Å². The van der Waals surface area contributed by atoms with Gasteiger partial charge in [0.25, 0.3) is 0 Å². The number of rotatable bonds is 1. The molecule has 120 valence electrons. The Morgan fingerprint density at radius 1 is 0.952 bits per heavy atom. The molecular formula is C17H29O3P. The highest BCUT2D eigenvalue weighted by molar-refractivity contribution is 7.38. The second-order valence-corrected chi connectivity index (χ2v) is 7.76. The van der Waals surface area contributed by atoms with Gasteiger partial charge in [0, 0.05) is 0 Å². The molecule has 0 aliphatic carbocycles. The topological polar surface area (TPSA) is 60.7 Å². The van der Waals surface area contributed by atoms with E-state index in [-0.39, 0.29) is 10.8 Å². The van der Waals surface area contributed by atoms with Gasteiger partial charge in [-0.2, -0.15) is 0 Å². The molecule has 0 amide bonds. The molecule has 0 aliphatic rings. The van der Waals surface area contributed by atoms with Gasteiger partial charge in [0.1, 0.15) is 0 Å². The molecule has 0 fully saturated rings. The van der Waals surface area contributed by atoms with Crippen molar-refractivity contribution in [1.82, 2.24) is 0 Å². The third-order valence-corrected chi connectivity index (χ3v) is 3.27. The van der Waals surface area contributed by atoms with Gasteiger partial charge in [0.05, 0.1) is 0 Å². The first-order valence-corrected chi connectivity index (χ1v) is 8.15. The van der Waals surface area contributed by atoms with E-state index in [9.17, 15) is 0 Å². The lowest BCUT2D eigenvalue weighted by Crippen LogP contribution is -2.18. The average Bonchev–Trinajstić information content (AvgIpc) is 2.24. The van der Waals surface area contributed by atoms with Crippen LogP contribution in [0.1, 0.15) is 63.8 Å². The first-order valence-electron chi connectivity index (χ1n) is 6.95. The summed E-state index contributed by atoms with van der Waals surface area (Å²) in [5, 5.41) is 0. The Morgan fingerprint density at radius 3 is 1.67 bits per heavy atom. The van der Waals surface area contributed by atoms with Crippen molar-refractivity contribution in [2.24, 2.45) is 0 Å². The van der Waals surface area contributed by atoms with E-state index < -0.39 is 8.60 Å². The fourth-order valence-corrected chi connectivity index (χ4v) is 2.12. The molecule has 1 aromatic rings. The average molecular weight is 312 g/mol. The van der Waals surface area contributed by atoms with Gasteiger partial charge in [-0.3, -0.25) is 0 Å². The van der Waals surface area contributed by atoms with Crippen LogP contribution in [0.4, 0.5) is 0 Å². The number of hydrogen-bond donors (Lipinski definition) is 3. The van der Waals surface area contributed by atoms with Gasteiger partial charge in [-0.05, 0) is 40.0 Å². The maximum Gasteiger partial charge on any atom is 0.324 e. The molecule has 1 aromatic carbocycles. The molecule has 1 rings (SSSR count). The van der Waals surface area contributed by atoms with Crippen molar-refractivity contribution in [3.63, 3.8) is 0 Å². The zero-order chi connectivity index (χ0) is 17.0. The van der Waals surface area contributed by atoms with E-state index in [0.717, 1.165) is 0 Å². The Balaban J connectivity index is 0.000000885. The van der Waals surface area contributed by atoms with Crippen LogP contribution in [0.15, 0.2) is 18.7 Å². The van der Waals surface area contributed by atoms with E-state index >= 15 is 0 Å². The van der Waals surface area contributed by atoms with Crippen LogP contribution in [0.25, 0.3) is 6.08 Å². The zero-order valence-electron chi connectivity index (χ0n) is 14.2. The summed E-state index contributed by atoms with van der Waals surface area (Å²) >= 11 is 0. The van der Waals surface area contributed by atoms with Crippen LogP contribution in [0.2, 0.25) is 0 Å². The molecule has 21 heavy (non-hydrogen) atoms. The lowest BCUT2D eigenvalue weighted by molar-refractivity contribution is 0.368. The summed E-state index contributed by atoms with van der Waals surface area (Å²) < 4.78 is 0. The van der Waals surface area contributed by atoms with E-state index in [0.29, 0.717) is 0 Å². The second kappa shape index (κ2) is 7.51. The number of benzene rings is 1. The van der Waals surface area contributed by atoms with Crippen LogP contribution >= 0.6 is 8.60 Å². The van der Waals surface area contributed by atoms with Crippen molar-refractivity contribution in [3.8, 4) is 0 Å².